The molecule has 1 amide bonds. The zero-order valence-electron chi connectivity index (χ0n) is 19.1. The average Bonchev–Trinajstić information content (AvgIpc) is 3.12. The van der Waals surface area contributed by atoms with Gasteiger partial charge in [-0.05, 0) is 30.5 Å². The number of nitrogens with one attached hydrogen (secondary N) is 1. The standard InChI is InChI=1S/C28H29N3O2/c1-21-26(22(2)31(30-21)19-23-12-6-3-7-13-23)18-29-27(32)20-33-28(24-14-8-4-9-15-24)25-16-10-5-11-17-25/h3-17,28H,18-20H2,1-2H3,(H,29,32). The Bertz CT molecular complexity index is 1130. The van der Waals surface area contributed by atoms with Gasteiger partial charge in [0, 0.05) is 17.8 Å². The SMILES string of the molecule is Cc1nn(Cc2ccccc2)c(C)c1CNC(=O)COC(c1ccccc1)c1ccccc1. The minimum Gasteiger partial charge on any atom is -0.359 e. The topological polar surface area (TPSA) is 56.2 Å². The second-order valence-electron chi connectivity index (χ2n) is 8.08. The number of carbonyl (C=O) groups excluding carboxylic acids is 1. The third-order valence-corrected chi connectivity index (χ3v) is 5.75. The van der Waals surface area contributed by atoms with Gasteiger partial charge in [-0.2, -0.15) is 5.10 Å². The molecule has 0 bridgehead atoms. The van der Waals surface area contributed by atoms with Crippen molar-refractivity contribution in [2.75, 3.05) is 6.61 Å². The van der Waals surface area contributed by atoms with E-state index in [4.69, 9.17) is 4.74 Å². The molecule has 0 fully saturated rings. The molecule has 1 aromatic heterocycles. The lowest BCUT2D eigenvalue weighted by molar-refractivity contribution is -0.127. The summed E-state index contributed by atoms with van der Waals surface area (Å²) in [5, 5.41) is 7.67. The molecule has 0 unspecified atom stereocenters. The quantitative estimate of drug-likeness (QED) is 0.401. The summed E-state index contributed by atoms with van der Waals surface area (Å²) in [5.74, 6) is -0.151. The molecule has 1 N–H and O–H groups in total. The van der Waals surface area contributed by atoms with E-state index in [9.17, 15) is 4.79 Å². The molecular formula is C28H29N3O2. The maximum atomic E-state index is 12.6. The van der Waals surface area contributed by atoms with Crippen molar-refractivity contribution in [3.63, 3.8) is 0 Å². The van der Waals surface area contributed by atoms with Crippen LogP contribution in [0, 0.1) is 13.8 Å². The van der Waals surface area contributed by atoms with Gasteiger partial charge in [0.25, 0.3) is 0 Å². The number of hydrogen-bond donors (Lipinski definition) is 1. The lowest BCUT2D eigenvalue weighted by atomic mass is 10.0. The van der Waals surface area contributed by atoms with Gasteiger partial charge in [-0.25, -0.2) is 0 Å². The first-order chi connectivity index (χ1) is 16.1. The Morgan fingerprint density at radius 1 is 0.879 bits per heavy atom. The Balaban J connectivity index is 1.38. The predicted octanol–water partition coefficient (Wildman–Crippen LogP) is 4.97. The first kappa shape index (κ1) is 22.5. The van der Waals surface area contributed by atoms with Gasteiger partial charge in [0.05, 0.1) is 12.2 Å². The van der Waals surface area contributed by atoms with Crippen LogP contribution in [0.15, 0.2) is 91.0 Å². The molecule has 168 valence electrons. The van der Waals surface area contributed by atoms with Crippen molar-refractivity contribution in [3.05, 3.63) is 125 Å². The lowest BCUT2D eigenvalue weighted by Crippen LogP contribution is -2.28. The molecule has 0 aliphatic heterocycles. The van der Waals surface area contributed by atoms with E-state index in [-0.39, 0.29) is 18.6 Å². The minimum absolute atomic E-state index is 0.0231. The van der Waals surface area contributed by atoms with Gasteiger partial charge in [0.1, 0.15) is 12.7 Å². The van der Waals surface area contributed by atoms with Gasteiger partial charge in [-0.3, -0.25) is 9.48 Å². The summed E-state index contributed by atoms with van der Waals surface area (Å²) in [6.45, 7) is 5.14. The summed E-state index contributed by atoms with van der Waals surface area (Å²) in [5.41, 5.74) is 6.26. The minimum atomic E-state index is -0.296. The molecule has 1 heterocycles. The molecule has 0 aliphatic rings. The highest BCUT2D eigenvalue weighted by atomic mass is 16.5. The molecule has 5 heteroatoms. The van der Waals surface area contributed by atoms with E-state index in [0.717, 1.165) is 28.1 Å². The fraction of sp³-hybridized carbons (Fsp3) is 0.214. The molecule has 0 saturated carbocycles. The summed E-state index contributed by atoms with van der Waals surface area (Å²) < 4.78 is 8.07. The van der Waals surface area contributed by atoms with Crippen LogP contribution in [0.5, 0.6) is 0 Å². The molecule has 33 heavy (non-hydrogen) atoms. The Hall–Kier alpha value is -3.70. The van der Waals surface area contributed by atoms with E-state index < -0.39 is 0 Å². The number of carbonyl (C=O) groups is 1. The summed E-state index contributed by atoms with van der Waals surface area (Å²) in [4.78, 5) is 12.6. The van der Waals surface area contributed by atoms with Crippen LogP contribution in [-0.2, 0) is 22.6 Å². The number of nitrogens with zero attached hydrogens (tertiary/aromatic N) is 2. The summed E-state index contributed by atoms with van der Waals surface area (Å²) in [7, 11) is 0. The molecule has 3 aromatic carbocycles. The third kappa shape index (κ3) is 5.76. The largest absolute Gasteiger partial charge is 0.359 e. The van der Waals surface area contributed by atoms with Crippen LogP contribution in [0.4, 0.5) is 0 Å². The number of benzene rings is 3. The van der Waals surface area contributed by atoms with Crippen LogP contribution < -0.4 is 5.32 Å². The van der Waals surface area contributed by atoms with Gasteiger partial charge in [0.2, 0.25) is 5.91 Å². The van der Waals surface area contributed by atoms with Crippen LogP contribution in [0.2, 0.25) is 0 Å². The van der Waals surface area contributed by atoms with Crippen LogP contribution in [0.1, 0.15) is 39.7 Å². The van der Waals surface area contributed by atoms with Crippen molar-refractivity contribution in [1.29, 1.82) is 0 Å². The van der Waals surface area contributed by atoms with Crippen molar-refractivity contribution >= 4 is 5.91 Å². The molecule has 5 nitrogen and oxygen atoms in total. The highest BCUT2D eigenvalue weighted by Gasteiger charge is 2.17. The van der Waals surface area contributed by atoms with Crippen LogP contribution in [0.25, 0.3) is 0 Å². The third-order valence-electron chi connectivity index (χ3n) is 5.75. The molecule has 0 aliphatic carbocycles. The van der Waals surface area contributed by atoms with Crippen molar-refractivity contribution in [2.24, 2.45) is 0 Å². The maximum Gasteiger partial charge on any atom is 0.246 e. The maximum absolute atomic E-state index is 12.6. The molecule has 0 atom stereocenters. The molecule has 4 aromatic rings. The first-order valence-corrected chi connectivity index (χ1v) is 11.2. The highest BCUT2D eigenvalue weighted by Crippen LogP contribution is 2.25. The fourth-order valence-electron chi connectivity index (χ4n) is 3.94. The van der Waals surface area contributed by atoms with Crippen LogP contribution in [-0.4, -0.2) is 22.3 Å². The Morgan fingerprint density at radius 3 is 2.00 bits per heavy atom. The zero-order chi connectivity index (χ0) is 23.0. The van der Waals surface area contributed by atoms with Crippen molar-refractivity contribution in [2.45, 2.75) is 33.0 Å². The van der Waals surface area contributed by atoms with E-state index in [1.54, 1.807) is 0 Å². The predicted molar refractivity (Wildman–Crippen MR) is 130 cm³/mol. The first-order valence-electron chi connectivity index (χ1n) is 11.2. The second kappa shape index (κ2) is 10.7. The lowest BCUT2D eigenvalue weighted by Gasteiger charge is -2.19. The fourth-order valence-corrected chi connectivity index (χ4v) is 3.94. The van der Waals surface area contributed by atoms with Crippen molar-refractivity contribution in [3.8, 4) is 0 Å². The van der Waals surface area contributed by atoms with Crippen LogP contribution >= 0.6 is 0 Å². The van der Waals surface area contributed by atoms with E-state index in [0.29, 0.717) is 13.1 Å². The molecule has 4 rings (SSSR count). The van der Waals surface area contributed by atoms with Crippen molar-refractivity contribution in [1.82, 2.24) is 15.1 Å². The normalized spacial score (nSPS) is 11.0. The number of aryl methyl sites for hydroxylation is 1. The summed E-state index contributed by atoms with van der Waals surface area (Å²) >= 11 is 0. The number of ether oxygens (including phenoxy) is 1. The second-order valence-corrected chi connectivity index (χ2v) is 8.08. The Morgan fingerprint density at radius 2 is 1.42 bits per heavy atom. The Kier molecular flexibility index (Phi) is 7.33. The van der Waals surface area contributed by atoms with Gasteiger partial charge in [-0.15, -0.1) is 0 Å². The van der Waals surface area contributed by atoms with Gasteiger partial charge < -0.3 is 10.1 Å². The average molecular weight is 440 g/mol. The number of hydrogen-bond acceptors (Lipinski definition) is 3. The van der Waals surface area contributed by atoms with E-state index >= 15 is 0 Å². The van der Waals surface area contributed by atoms with Crippen LogP contribution in [0.3, 0.4) is 0 Å². The Labute approximate surface area is 195 Å². The summed E-state index contributed by atoms with van der Waals surface area (Å²) in [6, 6.07) is 30.2. The van der Waals surface area contributed by atoms with E-state index in [1.165, 1.54) is 5.56 Å². The van der Waals surface area contributed by atoms with Gasteiger partial charge in [0.15, 0.2) is 0 Å². The molecule has 0 saturated heterocycles. The van der Waals surface area contributed by atoms with Gasteiger partial charge >= 0.3 is 0 Å². The highest BCUT2D eigenvalue weighted by molar-refractivity contribution is 5.77. The monoisotopic (exact) mass is 439 g/mol. The van der Waals surface area contributed by atoms with Gasteiger partial charge in [-0.1, -0.05) is 91.0 Å². The number of rotatable bonds is 9. The zero-order valence-corrected chi connectivity index (χ0v) is 19.1. The number of aromatic nitrogens is 2. The molecular weight excluding hydrogens is 410 g/mol. The van der Waals surface area contributed by atoms with E-state index in [2.05, 4.69) is 22.5 Å². The molecule has 0 radical (unpaired) electrons. The number of amides is 1. The van der Waals surface area contributed by atoms with E-state index in [1.807, 2.05) is 97.4 Å². The molecule has 0 spiro atoms. The smallest absolute Gasteiger partial charge is 0.246 e. The van der Waals surface area contributed by atoms with Crippen molar-refractivity contribution < 1.29 is 9.53 Å². The summed E-state index contributed by atoms with van der Waals surface area (Å²) in [6.07, 6.45) is -0.296.